The minimum atomic E-state index is 0.667. The molecule has 0 unspecified atom stereocenters. The Morgan fingerprint density at radius 2 is 1.97 bits per heavy atom. The van der Waals surface area contributed by atoms with Gasteiger partial charge in [0.25, 0.3) is 0 Å². The van der Waals surface area contributed by atoms with Crippen molar-refractivity contribution in [1.82, 2.24) is 25.2 Å². The number of thioether (sulfide) groups is 1. The molecular formula is C21H21N5O2S2. The van der Waals surface area contributed by atoms with E-state index >= 15 is 0 Å². The summed E-state index contributed by atoms with van der Waals surface area (Å²) < 4.78 is 12.6. The van der Waals surface area contributed by atoms with E-state index in [4.69, 9.17) is 14.5 Å². The molecule has 0 bridgehead atoms. The first-order chi connectivity index (χ1) is 14.6. The number of methoxy groups -OCH3 is 2. The van der Waals surface area contributed by atoms with Gasteiger partial charge >= 0.3 is 0 Å². The van der Waals surface area contributed by atoms with E-state index in [-0.39, 0.29) is 0 Å². The number of nitrogens with zero attached hydrogens (tertiary/aromatic N) is 5. The first-order valence-electron chi connectivity index (χ1n) is 9.25. The monoisotopic (exact) mass is 439 g/mol. The van der Waals surface area contributed by atoms with Gasteiger partial charge in [-0.05, 0) is 53.6 Å². The lowest BCUT2D eigenvalue weighted by Gasteiger charge is -2.09. The lowest BCUT2D eigenvalue weighted by molar-refractivity contribution is 0.395. The van der Waals surface area contributed by atoms with E-state index in [1.54, 1.807) is 42.0 Å². The van der Waals surface area contributed by atoms with E-state index in [1.165, 1.54) is 5.56 Å². The van der Waals surface area contributed by atoms with Crippen LogP contribution in [-0.4, -0.2) is 39.4 Å². The fourth-order valence-electron chi connectivity index (χ4n) is 3.00. The number of hydrogen-bond donors (Lipinski definition) is 0. The predicted molar refractivity (Wildman–Crippen MR) is 119 cm³/mol. The van der Waals surface area contributed by atoms with Gasteiger partial charge in [-0.25, -0.2) is 4.98 Å². The minimum Gasteiger partial charge on any atom is -0.497 e. The molecule has 30 heavy (non-hydrogen) atoms. The molecule has 0 atom stereocenters. The van der Waals surface area contributed by atoms with Gasteiger partial charge in [-0.1, -0.05) is 23.9 Å². The van der Waals surface area contributed by atoms with Gasteiger partial charge in [-0.15, -0.1) is 16.4 Å². The molecule has 2 aromatic heterocycles. The van der Waals surface area contributed by atoms with E-state index in [0.29, 0.717) is 5.75 Å². The molecule has 0 amide bonds. The van der Waals surface area contributed by atoms with Crippen LogP contribution >= 0.6 is 23.1 Å². The molecule has 7 nitrogen and oxygen atoms in total. The first-order valence-corrected chi connectivity index (χ1v) is 11.1. The Labute approximate surface area is 183 Å². The van der Waals surface area contributed by atoms with Gasteiger partial charge in [0.15, 0.2) is 0 Å². The molecular weight excluding hydrogens is 418 g/mol. The molecule has 154 valence electrons. The molecule has 0 spiro atoms. The SMILES string of the molecule is COc1ccc(-c2nc(CSc3nnnn3-c3cccc(C)c3C)cs2)c(OC)c1. The smallest absolute Gasteiger partial charge is 0.214 e. The number of aromatic nitrogens is 5. The predicted octanol–water partition coefficient (Wildman–Crippen LogP) is 4.71. The maximum Gasteiger partial charge on any atom is 0.214 e. The van der Waals surface area contributed by atoms with Crippen LogP contribution in [0.25, 0.3) is 16.3 Å². The number of hydrogen-bond acceptors (Lipinski definition) is 8. The highest BCUT2D eigenvalue weighted by Crippen LogP contribution is 2.36. The van der Waals surface area contributed by atoms with Crippen molar-refractivity contribution in [2.75, 3.05) is 14.2 Å². The lowest BCUT2D eigenvalue weighted by Crippen LogP contribution is -2.02. The van der Waals surface area contributed by atoms with Crippen LogP contribution in [0.5, 0.6) is 11.5 Å². The van der Waals surface area contributed by atoms with Crippen LogP contribution in [0.15, 0.2) is 46.9 Å². The molecule has 0 fully saturated rings. The highest BCUT2D eigenvalue weighted by molar-refractivity contribution is 7.98. The summed E-state index contributed by atoms with van der Waals surface area (Å²) in [6, 6.07) is 11.9. The Morgan fingerprint density at radius 3 is 2.77 bits per heavy atom. The Morgan fingerprint density at radius 1 is 1.10 bits per heavy atom. The molecule has 0 aliphatic heterocycles. The molecule has 4 rings (SSSR count). The second-order valence-electron chi connectivity index (χ2n) is 6.59. The van der Waals surface area contributed by atoms with Gasteiger partial charge in [0.2, 0.25) is 5.16 Å². The Kier molecular flexibility index (Phi) is 6.01. The maximum absolute atomic E-state index is 5.51. The largest absolute Gasteiger partial charge is 0.497 e. The average molecular weight is 440 g/mol. The van der Waals surface area contributed by atoms with Crippen molar-refractivity contribution in [1.29, 1.82) is 0 Å². The van der Waals surface area contributed by atoms with Gasteiger partial charge in [0.1, 0.15) is 16.5 Å². The number of tetrazole rings is 1. The van der Waals surface area contributed by atoms with Gasteiger partial charge in [0.05, 0.1) is 31.2 Å². The van der Waals surface area contributed by atoms with Crippen molar-refractivity contribution >= 4 is 23.1 Å². The quantitative estimate of drug-likeness (QED) is 0.386. The highest BCUT2D eigenvalue weighted by atomic mass is 32.2. The summed E-state index contributed by atoms with van der Waals surface area (Å²) >= 11 is 3.14. The molecule has 4 aromatic rings. The van der Waals surface area contributed by atoms with Crippen molar-refractivity contribution in [3.63, 3.8) is 0 Å². The fraction of sp³-hybridized carbons (Fsp3) is 0.238. The zero-order chi connectivity index (χ0) is 21.1. The molecule has 2 aromatic carbocycles. The van der Waals surface area contributed by atoms with Gasteiger partial charge in [-0.2, -0.15) is 4.68 Å². The van der Waals surface area contributed by atoms with Crippen LogP contribution in [0.3, 0.4) is 0 Å². The Balaban J connectivity index is 1.53. The summed E-state index contributed by atoms with van der Waals surface area (Å²) in [5.74, 6) is 2.16. The van der Waals surface area contributed by atoms with Crippen molar-refractivity contribution in [3.05, 3.63) is 58.6 Å². The molecule has 0 radical (unpaired) electrons. The molecule has 0 N–H and O–H groups in total. The zero-order valence-electron chi connectivity index (χ0n) is 17.1. The normalized spacial score (nSPS) is 10.9. The van der Waals surface area contributed by atoms with Crippen molar-refractivity contribution in [2.24, 2.45) is 0 Å². The summed E-state index contributed by atoms with van der Waals surface area (Å²) in [7, 11) is 3.29. The summed E-state index contributed by atoms with van der Waals surface area (Å²) in [5.41, 5.74) is 5.27. The van der Waals surface area contributed by atoms with Crippen LogP contribution in [0, 0.1) is 13.8 Å². The van der Waals surface area contributed by atoms with Crippen LogP contribution in [0.2, 0.25) is 0 Å². The van der Waals surface area contributed by atoms with Crippen LogP contribution in [-0.2, 0) is 5.75 Å². The number of rotatable bonds is 7. The third-order valence-electron chi connectivity index (χ3n) is 4.79. The first kappa shape index (κ1) is 20.4. The number of ether oxygens (including phenoxy) is 2. The zero-order valence-corrected chi connectivity index (χ0v) is 18.8. The molecule has 9 heteroatoms. The molecule has 2 heterocycles. The third-order valence-corrected chi connectivity index (χ3v) is 6.66. The second-order valence-corrected chi connectivity index (χ2v) is 8.39. The summed E-state index contributed by atoms with van der Waals surface area (Å²) in [6.07, 6.45) is 0. The van der Waals surface area contributed by atoms with Crippen molar-refractivity contribution < 1.29 is 9.47 Å². The van der Waals surface area contributed by atoms with Gasteiger partial charge in [-0.3, -0.25) is 0 Å². The average Bonchev–Trinajstić information content (AvgIpc) is 3.43. The third kappa shape index (κ3) is 4.03. The summed E-state index contributed by atoms with van der Waals surface area (Å²) in [6.45, 7) is 4.16. The van der Waals surface area contributed by atoms with Crippen LogP contribution in [0.4, 0.5) is 0 Å². The van der Waals surface area contributed by atoms with E-state index in [9.17, 15) is 0 Å². The van der Waals surface area contributed by atoms with E-state index in [1.807, 2.05) is 30.3 Å². The highest BCUT2D eigenvalue weighted by Gasteiger charge is 2.15. The van der Waals surface area contributed by atoms with Gasteiger partial charge < -0.3 is 9.47 Å². The topological polar surface area (TPSA) is 75.0 Å². The van der Waals surface area contributed by atoms with E-state index in [2.05, 4.69) is 40.8 Å². The number of aryl methyl sites for hydroxylation is 1. The summed E-state index contributed by atoms with van der Waals surface area (Å²) in [5, 5.41) is 15.9. The second kappa shape index (κ2) is 8.85. The number of thiazole rings is 1. The minimum absolute atomic E-state index is 0.667. The summed E-state index contributed by atoms with van der Waals surface area (Å²) in [4.78, 5) is 4.78. The molecule has 0 saturated carbocycles. The molecule has 0 saturated heterocycles. The Bertz CT molecular complexity index is 1170. The van der Waals surface area contributed by atoms with E-state index < -0.39 is 0 Å². The van der Waals surface area contributed by atoms with E-state index in [0.717, 1.165) is 44.2 Å². The lowest BCUT2D eigenvalue weighted by atomic mass is 10.1. The maximum atomic E-state index is 5.51. The number of benzene rings is 2. The van der Waals surface area contributed by atoms with Gasteiger partial charge in [0, 0.05) is 17.2 Å². The van der Waals surface area contributed by atoms with Crippen LogP contribution in [0.1, 0.15) is 16.8 Å². The molecule has 0 aliphatic carbocycles. The Hall–Kier alpha value is -2.91. The molecule has 0 aliphatic rings. The van der Waals surface area contributed by atoms with Crippen LogP contribution < -0.4 is 9.47 Å². The van der Waals surface area contributed by atoms with Crippen molar-refractivity contribution in [2.45, 2.75) is 24.8 Å². The standard InChI is InChI=1S/C21H21N5O2S2/c1-13-6-5-7-18(14(13)2)26-21(23-24-25-26)30-12-15-11-29-20(22-15)17-9-8-16(27-3)10-19(17)28-4/h5-11H,12H2,1-4H3. The fourth-order valence-corrected chi connectivity index (χ4v) is 4.73. The van der Waals surface area contributed by atoms with Crippen molar-refractivity contribution in [3.8, 4) is 27.8 Å².